The van der Waals surface area contributed by atoms with Crippen LogP contribution in [0.2, 0.25) is 0 Å². The average molecular weight is 911 g/mol. The van der Waals surface area contributed by atoms with Crippen molar-refractivity contribution in [3.63, 3.8) is 0 Å². The Morgan fingerprint density at radius 2 is 0.417 bits per heavy atom. The first-order valence-corrected chi connectivity index (χ1v) is 23.1. The van der Waals surface area contributed by atoms with Crippen molar-refractivity contribution < 1.29 is 0 Å². The van der Waals surface area contributed by atoms with Crippen LogP contribution in [0.5, 0.6) is 0 Å². The Hall–Kier alpha value is -10.7. The van der Waals surface area contributed by atoms with Gasteiger partial charge in [0.1, 0.15) is 0 Å². The average Bonchev–Trinajstić information content (AvgIpc) is 3.45. The monoisotopic (exact) mass is 910 g/mol. The van der Waals surface area contributed by atoms with Crippen LogP contribution >= 0.6 is 0 Å². The molecule has 0 radical (unpaired) electrons. The highest BCUT2D eigenvalue weighted by Gasteiger charge is 2.04. The second-order valence-electron chi connectivity index (χ2n) is 16.3. The highest BCUT2D eigenvalue weighted by atomic mass is 14.7. The van der Waals surface area contributed by atoms with Crippen molar-refractivity contribution in [2.24, 2.45) is 0 Å². The molecule has 0 fully saturated rings. The van der Waals surface area contributed by atoms with E-state index in [2.05, 4.69) is 91.0 Å². The van der Waals surface area contributed by atoms with Crippen LogP contribution in [0.3, 0.4) is 0 Å². The van der Waals surface area contributed by atoms with Gasteiger partial charge in [0.2, 0.25) is 0 Å². The molecular formula is C68H38N4. The molecule has 0 atom stereocenters. The Labute approximate surface area is 420 Å². The van der Waals surface area contributed by atoms with Crippen molar-refractivity contribution in [1.82, 2.24) is 19.9 Å². The van der Waals surface area contributed by atoms with E-state index < -0.39 is 0 Å². The molecule has 72 heavy (non-hydrogen) atoms. The van der Waals surface area contributed by atoms with Crippen LogP contribution in [0.25, 0.3) is 33.8 Å². The van der Waals surface area contributed by atoms with Gasteiger partial charge in [-0.05, 0) is 146 Å². The summed E-state index contributed by atoms with van der Waals surface area (Å²) in [6.45, 7) is 0. The van der Waals surface area contributed by atoms with Gasteiger partial charge in [0.15, 0.2) is 0 Å². The van der Waals surface area contributed by atoms with Crippen molar-refractivity contribution in [3.05, 3.63) is 298 Å². The van der Waals surface area contributed by atoms with Gasteiger partial charge < -0.3 is 0 Å². The van der Waals surface area contributed by atoms with Crippen LogP contribution in [-0.2, 0) is 0 Å². The molecule has 10 aromatic rings. The maximum absolute atomic E-state index is 4.62. The van der Waals surface area contributed by atoms with E-state index in [4.69, 9.17) is 0 Å². The summed E-state index contributed by atoms with van der Waals surface area (Å²) in [7, 11) is 0. The first-order chi connectivity index (χ1) is 35.6. The summed E-state index contributed by atoms with van der Waals surface area (Å²) in [6.07, 6.45) is 8.85. The quantitative estimate of drug-likeness (QED) is 0.166. The van der Waals surface area contributed by atoms with E-state index in [9.17, 15) is 0 Å². The van der Waals surface area contributed by atoms with Gasteiger partial charge in [0.25, 0.3) is 0 Å². The van der Waals surface area contributed by atoms with Gasteiger partial charge in [0.05, 0.1) is 17.1 Å². The molecule has 6 aromatic carbocycles. The normalized spacial score (nSPS) is 9.83. The molecule has 0 bridgehead atoms. The van der Waals surface area contributed by atoms with E-state index in [0.717, 1.165) is 101 Å². The first kappa shape index (κ1) is 45.1. The van der Waals surface area contributed by atoms with Gasteiger partial charge in [0, 0.05) is 114 Å². The topological polar surface area (TPSA) is 51.6 Å². The lowest BCUT2D eigenvalue weighted by Gasteiger charge is -2.02. The molecule has 0 N–H and O–H groups in total. The summed E-state index contributed by atoms with van der Waals surface area (Å²) in [4.78, 5) is 17.8. The van der Waals surface area contributed by atoms with Gasteiger partial charge in [-0.3, -0.25) is 19.9 Å². The zero-order valence-electron chi connectivity index (χ0n) is 38.7. The lowest BCUT2D eigenvalue weighted by Crippen LogP contribution is -1.86. The summed E-state index contributed by atoms with van der Waals surface area (Å²) in [5.74, 6) is 39.1. The summed E-state index contributed by atoms with van der Waals surface area (Å²) in [5.41, 5.74) is 16.5. The van der Waals surface area contributed by atoms with Crippen molar-refractivity contribution in [1.29, 1.82) is 0 Å². The summed E-state index contributed by atoms with van der Waals surface area (Å²) < 4.78 is 0. The maximum Gasteiger partial charge on any atom is 0.0714 e. The third-order valence-electron chi connectivity index (χ3n) is 11.2. The number of rotatable bonds is 3. The molecule has 4 heterocycles. The fraction of sp³-hybridized carbons (Fsp3) is 0. The van der Waals surface area contributed by atoms with Crippen LogP contribution in [0.1, 0.15) is 66.8 Å². The summed E-state index contributed by atoms with van der Waals surface area (Å²) >= 11 is 0. The number of hydrogen-bond acceptors (Lipinski definition) is 4. The minimum absolute atomic E-state index is 0.843. The second kappa shape index (κ2) is 22.4. The van der Waals surface area contributed by atoms with Gasteiger partial charge in [-0.15, -0.1) is 0 Å². The van der Waals surface area contributed by atoms with Crippen molar-refractivity contribution in [2.45, 2.75) is 0 Å². The Kier molecular flexibility index (Phi) is 14.0. The first-order valence-electron chi connectivity index (χ1n) is 23.1. The van der Waals surface area contributed by atoms with E-state index in [1.807, 2.05) is 200 Å². The van der Waals surface area contributed by atoms with Gasteiger partial charge in [-0.2, -0.15) is 0 Å². The number of hydrogen-bond donors (Lipinski definition) is 0. The zero-order valence-corrected chi connectivity index (χ0v) is 38.7. The molecule has 0 aliphatic rings. The van der Waals surface area contributed by atoms with Gasteiger partial charge in [-0.25, -0.2) is 0 Å². The molecule has 0 aliphatic heterocycles. The predicted octanol–water partition coefficient (Wildman–Crippen LogP) is 12.7. The molecule has 0 aliphatic carbocycles. The highest BCUT2D eigenvalue weighted by molar-refractivity contribution is 5.66. The Bertz CT molecular complexity index is 3940. The van der Waals surface area contributed by atoms with E-state index in [-0.39, 0.29) is 0 Å². The Morgan fingerprint density at radius 1 is 0.194 bits per heavy atom. The maximum atomic E-state index is 4.62. The van der Waals surface area contributed by atoms with Gasteiger partial charge >= 0.3 is 0 Å². The minimum Gasteiger partial charge on any atom is -0.265 e. The molecule has 4 aromatic heterocycles. The lowest BCUT2D eigenvalue weighted by atomic mass is 10.1. The molecule has 330 valence electrons. The largest absolute Gasteiger partial charge is 0.265 e. The van der Waals surface area contributed by atoms with Crippen LogP contribution < -0.4 is 0 Å². The van der Waals surface area contributed by atoms with E-state index >= 15 is 0 Å². The van der Waals surface area contributed by atoms with Crippen LogP contribution in [0.15, 0.2) is 231 Å². The smallest absolute Gasteiger partial charge is 0.0714 e. The summed E-state index contributed by atoms with van der Waals surface area (Å²) in [6, 6.07) is 65.8. The van der Waals surface area contributed by atoms with E-state index in [1.54, 1.807) is 31.0 Å². The SMILES string of the molecule is C(#Cc1ccnc(-c2ccc(C#Cc3ccc(C#Cc4ccnc(-c5ccc(C#Cc6ccc(C#Cc7ccnc(-c8ccc(C#Cc9ccncc9)cc8)c7)cc6)cc5)c4)cc3)cc2)c1)c1ccccc1. The molecule has 10 rings (SSSR count). The zero-order chi connectivity index (χ0) is 48.6. The molecule has 0 spiro atoms. The van der Waals surface area contributed by atoms with E-state index in [1.165, 1.54) is 0 Å². The third-order valence-corrected chi connectivity index (χ3v) is 11.2. The number of pyridine rings is 4. The standard InChI is InChI=1S/C68H38N4/c1-2-4-51(5-3-1)20-23-60-40-45-70-66(48-60)63-32-26-56(27-33-63)16-14-52-6-10-54(11-7-52)21-24-61-41-46-71-67(49-61)64-34-28-57(29-35-64)17-15-53-8-12-55(13-9-53)22-25-62-42-47-72-68(50-62)65-36-30-58(31-37-65)18-19-59-38-43-69-44-39-59/h1-13,26-50H. The molecule has 4 heteroatoms. The van der Waals surface area contributed by atoms with Crippen molar-refractivity contribution in [2.75, 3.05) is 0 Å². The number of aromatic nitrogens is 4. The fourth-order valence-electron chi connectivity index (χ4n) is 7.27. The van der Waals surface area contributed by atoms with Crippen molar-refractivity contribution in [3.8, 4) is 105 Å². The highest BCUT2D eigenvalue weighted by Crippen LogP contribution is 2.21. The second-order valence-corrected chi connectivity index (χ2v) is 16.3. The molecule has 0 saturated carbocycles. The Balaban J connectivity index is 0.717. The molecule has 0 saturated heterocycles. The van der Waals surface area contributed by atoms with Crippen LogP contribution in [0, 0.1) is 71.0 Å². The Morgan fingerprint density at radius 3 is 0.708 bits per heavy atom. The third kappa shape index (κ3) is 12.4. The molecule has 0 amide bonds. The van der Waals surface area contributed by atoms with E-state index in [0.29, 0.717) is 0 Å². The van der Waals surface area contributed by atoms with Crippen LogP contribution in [-0.4, -0.2) is 19.9 Å². The summed E-state index contributed by atoms with van der Waals surface area (Å²) in [5, 5.41) is 0. The predicted molar refractivity (Wildman–Crippen MR) is 288 cm³/mol. The minimum atomic E-state index is 0.843. The number of benzene rings is 6. The fourth-order valence-corrected chi connectivity index (χ4v) is 7.27. The molecular weight excluding hydrogens is 873 g/mol. The van der Waals surface area contributed by atoms with Crippen LogP contribution in [0.4, 0.5) is 0 Å². The molecule has 4 nitrogen and oxygen atoms in total. The number of nitrogens with zero attached hydrogens (tertiary/aromatic N) is 4. The lowest BCUT2D eigenvalue weighted by molar-refractivity contribution is 1.31. The molecule has 0 unspecified atom stereocenters. The van der Waals surface area contributed by atoms with Gasteiger partial charge in [-0.1, -0.05) is 126 Å². The van der Waals surface area contributed by atoms with Crippen molar-refractivity contribution >= 4 is 0 Å².